The number of amides is 2. The Kier molecular flexibility index (Phi) is 7.78. The lowest BCUT2D eigenvalue weighted by atomic mass is 10.1. The SMILES string of the molecule is COc1c(N2CCC(COc3ccc(N4C[C@H](CNC(C)=O)OC4=O)cc3F)C2)ccc2c(=O)c(C(=O)O)cn(C3CC3)c12. The number of nitrogens with zero attached hydrogens (tertiary/aromatic N) is 3. The van der Waals surface area contributed by atoms with E-state index >= 15 is 4.39 Å². The molecule has 232 valence electrons. The predicted molar refractivity (Wildman–Crippen MR) is 159 cm³/mol. The normalized spacial score (nSPS) is 19.8. The lowest BCUT2D eigenvalue weighted by Gasteiger charge is -2.24. The van der Waals surface area contributed by atoms with Crippen LogP contribution in [0.15, 0.2) is 41.3 Å². The van der Waals surface area contributed by atoms with Crippen molar-refractivity contribution in [3.8, 4) is 11.5 Å². The van der Waals surface area contributed by atoms with Gasteiger partial charge in [-0.1, -0.05) is 0 Å². The number of fused-ring (bicyclic) bond motifs is 1. The third-order valence-electron chi connectivity index (χ3n) is 8.28. The Balaban J connectivity index is 1.14. The molecular weight excluding hydrogens is 575 g/mol. The fraction of sp³-hybridized carbons (Fsp3) is 0.419. The van der Waals surface area contributed by atoms with Gasteiger partial charge >= 0.3 is 12.1 Å². The number of carbonyl (C=O) groups excluding carboxylic acids is 2. The van der Waals surface area contributed by atoms with E-state index in [0.29, 0.717) is 35.4 Å². The molecule has 3 heterocycles. The van der Waals surface area contributed by atoms with E-state index in [1.807, 2.05) is 4.57 Å². The number of nitrogens with one attached hydrogen (secondary N) is 1. The lowest BCUT2D eigenvalue weighted by molar-refractivity contribution is -0.119. The van der Waals surface area contributed by atoms with Gasteiger partial charge in [-0.2, -0.15) is 0 Å². The Bertz CT molecular complexity index is 1700. The summed E-state index contributed by atoms with van der Waals surface area (Å²) in [6.07, 6.45) is 2.86. The Labute approximate surface area is 251 Å². The van der Waals surface area contributed by atoms with E-state index in [4.69, 9.17) is 14.2 Å². The first-order chi connectivity index (χ1) is 21.1. The van der Waals surface area contributed by atoms with Gasteiger partial charge in [0.1, 0.15) is 11.7 Å². The molecule has 1 saturated carbocycles. The number of carbonyl (C=O) groups is 3. The van der Waals surface area contributed by atoms with E-state index in [0.717, 1.165) is 24.9 Å². The second-order valence-electron chi connectivity index (χ2n) is 11.4. The highest BCUT2D eigenvalue weighted by Gasteiger charge is 2.34. The number of aromatic nitrogens is 1. The number of carboxylic acid groups (broad SMARTS) is 1. The van der Waals surface area contributed by atoms with Gasteiger partial charge < -0.3 is 34.1 Å². The van der Waals surface area contributed by atoms with Crippen molar-refractivity contribution in [3.63, 3.8) is 0 Å². The minimum Gasteiger partial charge on any atom is -0.492 e. The molecule has 2 saturated heterocycles. The third-order valence-corrected chi connectivity index (χ3v) is 8.28. The molecule has 1 aliphatic carbocycles. The highest BCUT2D eigenvalue weighted by Crippen LogP contribution is 2.43. The molecule has 3 aromatic rings. The van der Waals surface area contributed by atoms with Gasteiger partial charge in [-0.3, -0.25) is 14.5 Å². The molecule has 1 unspecified atom stereocenters. The number of hydrogen-bond donors (Lipinski definition) is 2. The Morgan fingerprint density at radius 3 is 2.61 bits per heavy atom. The van der Waals surface area contributed by atoms with Crippen LogP contribution >= 0.6 is 0 Å². The zero-order valence-electron chi connectivity index (χ0n) is 24.4. The van der Waals surface area contributed by atoms with Crippen molar-refractivity contribution in [1.82, 2.24) is 9.88 Å². The standard InChI is InChI=1S/C31H33FN4O8/c1-17(37)33-12-21-14-36(31(41)44-21)20-5-8-26(24(32)11-20)43-16-18-9-10-34(13-18)25-7-6-22-27(29(25)42-2)35(19-3-4-19)15-23(28(22)38)30(39)40/h5-8,11,15,18-19,21H,3-4,9-10,12-14,16H2,1-2H3,(H,33,37)(H,39,40)/t18?,21-/m0/s1. The number of hydrogen-bond acceptors (Lipinski definition) is 8. The lowest BCUT2D eigenvalue weighted by Crippen LogP contribution is -2.33. The summed E-state index contributed by atoms with van der Waals surface area (Å²) in [5, 5.41) is 12.5. The maximum atomic E-state index is 15.0. The van der Waals surface area contributed by atoms with Crippen LogP contribution in [0.2, 0.25) is 0 Å². The highest BCUT2D eigenvalue weighted by atomic mass is 19.1. The fourth-order valence-corrected chi connectivity index (χ4v) is 5.92. The summed E-state index contributed by atoms with van der Waals surface area (Å²) in [6.45, 7) is 3.30. The summed E-state index contributed by atoms with van der Waals surface area (Å²) in [4.78, 5) is 51.6. The number of carboxylic acids is 1. The highest BCUT2D eigenvalue weighted by molar-refractivity contribution is 5.97. The minimum absolute atomic E-state index is 0.0699. The molecule has 2 amide bonds. The molecule has 2 aliphatic heterocycles. The number of ether oxygens (including phenoxy) is 3. The van der Waals surface area contributed by atoms with E-state index in [1.54, 1.807) is 25.3 Å². The summed E-state index contributed by atoms with van der Waals surface area (Å²) >= 11 is 0. The van der Waals surface area contributed by atoms with Crippen LogP contribution in [-0.2, 0) is 9.53 Å². The molecule has 44 heavy (non-hydrogen) atoms. The molecule has 2 atom stereocenters. The van der Waals surface area contributed by atoms with E-state index in [-0.39, 0.29) is 48.9 Å². The van der Waals surface area contributed by atoms with Crippen LogP contribution < -0.4 is 30.0 Å². The quantitative estimate of drug-likeness (QED) is 0.354. The minimum atomic E-state index is -1.26. The smallest absolute Gasteiger partial charge is 0.414 e. The zero-order valence-corrected chi connectivity index (χ0v) is 24.4. The van der Waals surface area contributed by atoms with Gasteiger partial charge in [0.2, 0.25) is 11.3 Å². The number of benzene rings is 2. The number of anilines is 2. The van der Waals surface area contributed by atoms with Crippen molar-refractivity contribution in [2.75, 3.05) is 49.7 Å². The molecule has 6 rings (SSSR count). The van der Waals surface area contributed by atoms with Crippen molar-refractivity contribution in [2.45, 2.75) is 38.3 Å². The zero-order chi connectivity index (χ0) is 31.1. The Hall–Kier alpha value is -4.81. The number of halogens is 1. The number of aromatic carboxylic acids is 1. The molecule has 2 aromatic carbocycles. The molecule has 0 bridgehead atoms. The summed E-state index contributed by atoms with van der Waals surface area (Å²) in [6, 6.07) is 7.88. The van der Waals surface area contributed by atoms with Crippen molar-refractivity contribution >= 4 is 40.2 Å². The van der Waals surface area contributed by atoms with Crippen LogP contribution in [0.4, 0.5) is 20.6 Å². The van der Waals surface area contributed by atoms with Crippen LogP contribution in [0, 0.1) is 11.7 Å². The molecule has 0 radical (unpaired) electrons. The van der Waals surface area contributed by atoms with Gasteiger partial charge in [-0.05, 0) is 43.5 Å². The molecule has 12 nitrogen and oxygen atoms in total. The van der Waals surface area contributed by atoms with Crippen LogP contribution in [0.5, 0.6) is 11.5 Å². The first-order valence-corrected chi connectivity index (χ1v) is 14.5. The number of methoxy groups -OCH3 is 1. The third kappa shape index (κ3) is 5.61. The van der Waals surface area contributed by atoms with Gasteiger partial charge in [-0.25, -0.2) is 14.0 Å². The fourth-order valence-electron chi connectivity index (χ4n) is 5.92. The topological polar surface area (TPSA) is 140 Å². The number of pyridine rings is 1. The van der Waals surface area contributed by atoms with Crippen molar-refractivity contribution < 1.29 is 38.1 Å². The van der Waals surface area contributed by atoms with Crippen molar-refractivity contribution in [3.05, 3.63) is 58.1 Å². The maximum Gasteiger partial charge on any atom is 0.414 e. The largest absolute Gasteiger partial charge is 0.492 e. The average molecular weight is 609 g/mol. The Morgan fingerprint density at radius 1 is 1.14 bits per heavy atom. The average Bonchev–Trinajstić information content (AvgIpc) is 3.61. The molecule has 0 spiro atoms. The van der Waals surface area contributed by atoms with Gasteiger partial charge in [-0.15, -0.1) is 0 Å². The number of rotatable bonds is 10. The van der Waals surface area contributed by atoms with Crippen LogP contribution in [0.3, 0.4) is 0 Å². The molecule has 13 heteroatoms. The van der Waals surface area contributed by atoms with Gasteiger partial charge in [0.05, 0.1) is 49.1 Å². The van der Waals surface area contributed by atoms with Gasteiger partial charge in [0.25, 0.3) is 0 Å². The summed E-state index contributed by atoms with van der Waals surface area (Å²) in [5.74, 6) is -1.42. The molecule has 3 fully saturated rings. The van der Waals surface area contributed by atoms with Crippen LogP contribution in [0.1, 0.15) is 42.6 Å². The van der Waals surface area contributed by atoms with E-state index in [9.17, 15) is 24.3 Å². The van der Waals surface area contributed by atoms with Crippen molar-refractivity contribution in [2.24, 2.45) is 5.92 Å². The summed E-state index contributed by atoms with van der Waals surface area (Å²) in [5.41, 5.74) is 0.920. The molecule has 1 aromatic heterocycles. The van der Waals surface area contributed by atoms with E-state index in [1.165, 1.54) is 30.2 Å². The monoisotopic (exact) mass is 608 g/mol. The van der Waals surface area contributed by atoms with Gasteiger partial charge in [0.15, 0.2) is 17.3 Å². The van der Waals surface area contributed by atoms with Crippen LogP contribution in [0.25, 0.3) is 10.9 Å². The number of cyclic esters (lactones) is 1. The van der Waals surface area contributed by atoms with Crippen molar-refractivity contribution in [1.29, 1.82) is 0 Å². The summed E-state index contributed by atoms with van der Waals surface area (Å²) in [7, 11) is 1.54. The second kappa shape index (κ2) is 11.7. The second-order valence-corrected chi connectivity index (χ2v) is 11.4. The molecule has 2 N–H and O–H groups in total. The molecule has 3 aliphatic rings. The van der Waals surface area contributed by atoms with Gasteiger partial charge in [0, 0.05) is 44.2 Å². The summed E-state index contributed by atoms with van der Waals surface area (Å²) < 4.78 is 33.8. The van der Waals surface area contributed by atoms with Crippen LogP contribution in [-0.4, -0.2) is 73.6 Å². The Morgan fingerprint density at radius 2 is 1.93 bits per heavy atom. The first-order valence-electron chi connectivity index (χ1n) is 14.5. The maximum absolute atomic E-state index is 15.0. The van der Waals surface area contributed by atoms with E-state index in [2.05, 4.69) is 10.2 Å². The molecular formula is C31H33FN4O8. The first kappa shape index (κ1) is 29.3. The predicted octanol–water partition coefficient (Wildman–Crippen LogP) is 3.55. The van der Waals surface area contributed by atoms with E-state index < -0.39 is 29.4 Å².